The van der Waals surface area contributed by atoms with Crippen LogP contribution in [0.1, 0.15) is 39.5 Å². The lowest BCUT2D eigenvalue weighted by molar-refractivity contribution is -0.125. The predicted octanol–water partition coefficient (Wildman–Crippen LogP) is 2.09. The second-order valence-corrected chi connectivity index (χ2v) is 6.86. The maximum Gasteiger partial charge on any atom is 0.231 e. The van der Waals surface area contributed by atoms with Crippen molar-refractivity contribution in [1.82, 2.24) is 0 Å². The lowest BCUT2D eigenvalue weighted by Gasteiger charge is -2.33. The number of rotatable bonds is 7. The van der Waals surface area contributed by atoms with Gasteiger partial charge in [0.25, 0.3) is 0 Å². The van der Waals surface area contributed by atoms with Crippen LogP contribution in [0.4, 0.5) is 11.4 Å². The van der Waals surface area contributed by atoms with Crippen LogP contribution in [-0.2, 0) is 9.59 Å². The molecule has 1 fully saturated rings. The molecule has 0 unspecified atom stereocenters. The molecule has 1 aliphatic rings. The van der Waals surface area contributed by atoms with Crippen molar-refractivity contribution >= 4 is 23.2 Å². The van der Waals surface area contributed by atoms with Gasteiger partial charge in [-0.05, 0) is 43.9 Å². The van der Waals surface area contributed by atoms with E-state index in [-0.39, 0.29) is 17.7 Å². The summed E-state index contributed by atoms with van der Waals surface area (Å²) < 4.78 is 0. The highest BCUT2D eigenvalue weighted by atomic mass is 16.2. The Kier molecular flexibility index (Phi) is 6.42. The van der Waals surface area contributed by atoms with Gasteiger partial charge in [-0.1, -0.05) is 19.9 Å². The molecular formula is C19H30N4O2. The van der Waals surface area contributed by atoms with E-state index in [0.29, 0.717) is 19.4 Å². The number of carbonyl (C=O) groups excluding carboxylic acids is 2. The number of nitrogens with one attached hydrogen (secondary N) is 1. The van der Waals surface area contributed by atoms with E-state index in [1.165, 1.54) is 0 Å². The summed E-state index contributed by atoms with van der Waals surface area (Å²) in [5, 5.41) is 3.02. The van der Waals surface area contributed by atoms with Crippen molar-refractivity contribution in [3.63, 3.8) is 0 Å². The normalized spacial score (nSPS) is 15.9. The number of amides is 2. The van der Waals surface area contributed by atoms with E-state index in [2.05, 4.69) is 10.2 Å². The molecule has 0 aromatic heterocycles. The molecule has 138 valence electrons. The van der Waals surface area contributed by atoms with Crippen LogP contribution in [0.5, 0.6) is 0 Å². The summed E-state index contributed by atoms with van der Waals surface area (Å²) in [4.78, 5) is 26.2. The second-order valence-electron chi connectivity index (χ2n) is 6.86. The van der Waals surface area contributed by atoms with Crippen LogP contribution in [0.3, 0.4) is 0 Å². The van der Waals surface area contributed by atoms with Crippen molar-refractivity contribution in [3.8, 4) is 0 Å². The summed E-state index contributed by atoms with van der Waals surface area (Å²) in [6.45, 7) is 5.92. The van der Waals surface area contributed by atoms with Crippen LogP contribution < -0.4 is 21.7 Å². The molecule has 0 spiro atoms. The first kappa shape index (κ1) is 19.2. The molecule has 0 radical (unpaired) electrons. The average Bonchev–Trinajstić information content (AvgIpc) is 2.64. The Morgan fingerprint density at radius 3 is 2.40 bits per heavy atom. The van der Waals surface area contributed by atoms with Crippen molar-refractivity contribution < 1.29 is 9.59 Å². The van der Waals surface area contributed by atoms with Gasteiger partial charge in [0.2, 0.25) is 11.8 Å². The van der Waals surface area contributed by atoms with Crippen molar-refractivity contribution in [2.24, 2.45) is 22.8 Å². The number of benzene rings is 1. The van der Waals surface area contributed by atoms with E-state index < -0.39 is 5.41 Å². The number of nitrogens with zero attached hydrogens (tertiary/aromatic N) is 1. The number of piperidine rings is 1. The second kappa shape index (κ2) is 8.34. The maximum absolute atomic E-state index is 12.7. The Bertz CT molecular complexity index is 597. The topological polar surface area (TPSA) is 101 Å². The fourth-order valence-corrected chi connectivity index (χ4v) is 3.42. The summed E-state index contributed by atoms with van der Waals surface area (Å²) in [5.41, 5.74) is 12.6. The third kappa shape index (κ3) is 4.31. The van der Waals surface area contributed by atoms with Gasteiger partial charge in [-0.3, -0.25) is 9.59 Å². The lowest BCUT2D eigenvalue weighted by Crippen LogP contribution is -2.41. The van der Waals surface area contributed by atoms with Crippen LogP contribution in [-0.4, -0.2) is 31.4 Å². The summed E-state index contributed by atoms with van der Waals surface area (Å²) in [6.07, 6.45) is 2.97. The molecule has 6 nitrogen and oxygen atoms in total. The lowest BCUT2D eigenvalue weighted by atomic mass is 9.81. The molecule has 2 rings (SSSR count). The van der Waals surface area contributed by atoms with E-state index >= 15 is 0 Å². The van der Waals surface area contributed by atoms with E-state index in [9.17, 15) is 9.59 Å². The zero-order chi connectivity index (χ0) is 18.4. The van der Waals surface area contributed by atoms with Crippen molar-refractivity contribution in [2.45, 2.75) is 39.5 Å². The fourth-order valence-electron chi connectivity index (χ4n) is 3.42. The molecule has 0 saturated carbocycles. The first-order valence-electron chi connectivity index (χ1n) is 9.11. The summed E-state index contributed by atoms with van der Waals surface area (Å²) in [5.74, 6) is -0.263. The van der Waals surface area contributed by atoms with Gasteiger partial charge in [0.15, 0.2) is 0 Å². The molecule has 0 bridgehead atoms. The molecule has 1 heterocycles. The summed E-state index contributed by atoms with van der Waals surface area (Å²) in [6, 6.07) is 7.84. The SMILES string of the molecule is CCC(CC)(CN)C(=O)Nc1cccc(N2CCC(C(N)=O)CC2)c1. The molecular weight excluding hydrogens is 316 g/mol. The Morgan fingerprint density at radius 1 is 1.24 bits per heavy atom. The maximum atomic E-state index is 12.7. The zero-order valence-electron chi connectivity index (χ0n) is 15.3. The largest absolute Gasteiger partial charge is 0.371 e. The Balaban J connectivity index is 2.07. The Labute approximate surface area is 149 Å². The molecule has 2 amide bonds. The number of hydrogen-bond acceptors (Lipinski definition) is 4. The van der Waals surface area contributed by atoms with E-state index in [0.717, 1.165) is 37.3 Å². The van der Waals surface area contributed by atoms with E-state index in [1.54, 1.807) is 0 Å². The fraction of sp³-hybridized carbons (Fsp3) is 0.579. The van der Waals surface area contributed by atoms with Gasteiger partial charge in [-0.2, -0.15) is 0 Å². The molecule has 1 aromatic carbocycles. The standard InChI is InChI=1S/C19H30N4O2/c1-3-19(4-2,13-20)18(25)22-15-6-5-7-16(12-15)23-10-8-14(9-11-23)17(21)24/h5-7,12,14H,3-4,8-11,13,20H2,1-2H3,(H2,21,24)(H,22,25). The third-order valence-corrected chi connectivity index (χ3v) is 5.59. The highest BCUT2D eigenvalue weighted by Crippen LogP contribution is 2.29. The Morgan fingerprint density at radius 2 is 1.88 bits per heavy atom. The Hall–Kier alpha value is -2.08. The molecule has 0 aliphatic carbocycles. The van der Waals surface area contributed by atoms with Crippen LogP contribution in [0.25, 0.3) is 0 Å². The van der Waals surface area contributed by atoms with Gasteiger partial charge in [-0.25, -0.2) is 0 Å². The number of carbonyl (C=O) groups is 2. The monoisotopic (exact) mass is 346 g/mol. The quantitative estimate of drug-likeness (QED) is 0.703. The van der Waals surface area contributed by atoms with Crippen LogP contribution in [0, 0.1) is 11.3 Å². The minimum atomic E-state index is -0.518. The first-order chi connectivity index (χ1) is 12.0. The predicted molar refractivity (Wildman–Crippen MR) is 101 cm³/mol. The molecule has 1 aromatic rings. The van der Waals surface area contributed by atoms with Crippen molar-refractivity contribution in [3.05, 3.63) is 24.3 Å². The van der Waals surface area contributed by atoms with Crippen molar-refractivity contribution in [1.29, 1.82) is 0 Å². The zero-order valence-corrected chi connectivity index (χ0v) is 15.3. The van der Waals surface area contributed by atoms with Gasteiger partial charge in [-0.15, -0.1) is 0 Å². The molecule has 1 saturated heterocycles. The van der Waals surface area contributed by atoms with Gasteiger partial charge < -0.3 is 21.7 Å². The number of anilines is 2. The van der Waals surface area contributed by atoms with Gasteiger partial charge in [0.1, 0.15) is 0 Å². The highest BCUT2D eigenvalue weighted by Gasteiger charge is 2.33. The van der Waals surface area contributed by atoms with Crippen LogP contribution >= 0.6 is 0 Å². The minimum Gasteiger partial charge on any atom is -0.371 e. The highest BCUT2D eigenvalue weighted by molar-refractivity contribution is 5.95. The molecule has 1 aliphatic heterocycles. The summed E-state index contributed by atoms with van der Waals surface area (Å²) >= 11 is 0. The molecule has 5 N–H and O–H groups in total. The number of primary amides is 1. The molecule has 0 atom stereocenters. The molecule has 25 heavy (non-hydrogen) atoms. The van der Waals surface area contributed by atoms with Crippen LogP contribution in [0.15, 0.2) is 24.3 Å². The number of hydrogen-bond donors (Lipinski definition) is 3. The first-order valence-corrected chi connectivity index (χ1v) is 9.11. The molecule has 6 heteroatoms. The van der Waals surface area contributed by atoms with Crippen molar-refractivity contribution in [2.75, 3.05) is 29.9 Å². The van der Waals surface area contributed by atoms with Gasteiger partial charge in [0, 0.05) is 36.9 Å². The van der Waals surface area contributed by atoms with Crippen LogP contribution in [0.2, 0.25) is 0 Å². The van der Waals surface area contributed by atoms with E-state index in [4.69, 9.17) is 11.5 Å². The third-order valence-electron chi connectivity index (χ3n) is 5.59. The average molecular weight is 346 g/mol. The summed E-state index contributed by atoms with van der Waals surface area (Å²) in [7, 11) is 0. The smallest absolute Gasteiger partial charge is 0.231 e. The van der Waals surface area contributed by atoms with Gasteiger partial charge in [0.05, 0.1) is 5.41 Å². The number of nitrogens with two attached hydrogens (primary N) is 2. The van der Waals surface area contributed by atoms with Gasteiger partial charge >= 0.3 is 0 Å². The minimum absolute atomic E-state index is 0.0235. The van der Waals surface area contributed by atoms with E-state index in [1.807, 2.05) is 38.1 Å².